The van der Waals surface area contributed by atoms with Crippen molar-refractivity contribution >= 4 is 15.9 Å². The van der Waals surface area contributed by atoms with Gasteiger partial charge in [0.25, 0.3) is 0 Å². The molecule has 1 atom stereocenters. The van der Waals surface area contributed by atoms with Crippen molar-refractivity contribution in [1.29, 1.82) is 0 Å². The van der Waals surface area contributed by atoms with Crippen LogP contribution in [-0.2, 0) is 6.42 Å². The molecular weight excluding hydrogens is 345 g/mol. The van der Waals surface area contributed by atoms with Crippen LogP contribution in [0.1, 0.15) is 21.5 Å². The molecule has 0 aromatic heterocycles. The fraction of sp³-hybridized carbons (Fsp3) is 0.250. The smallest absolute Gasteiger partial charge is 0.406 e. The third kappa shape index (κ3) is 5.08. The standard InChI is InChI=1S/C16H14BrF3O/c1-11-3-2-4-12(9-11)10-15(17)13-5-7-14(8-6-13)21-16(18,19)20/h2-9,15H,10H2,1H3. The molecule has 21 heavy (non-hydrogen) atoms. The van der Waals surface area contributed by atoms with Gasteiger partial charge in [0, 0.05) is 4.83 Å². The molecule has 0 radical (unpaired) electrons. The summed E-state index contributed by atoms with van der Waals surface area (Å²) in [4.78, 5) is 0.0410. The molecule has 0 aliphatic rings. The van der Waals surface area contributed by atoms with Crippen molar-refractivity contribution in [3.63, 3.8) is 0 Å². The van der Waals surface area contributed by atoms with Gasteiger partial charge in [-0.05, 0) is 36.6 Å². The number of hydrogen-bond acceptors (Lipinski definition) is 1. The highest BCUT2D eigenvalue weighted by Crippen LogP contribution is 2.30. The van der Waals surface area contributed by atoms with Crippen LogP contribution < -0.4 is 4.74 Å². The fourth-order valence-electron chi connectivity index (χ4n) is 2.04. The number of rotatable bonds is 4. The monoisotopic (exact) mass is 358 g/mol. The zero-order valence-electron chi connectivity index (χ0n) is 11.3. The molecule has 5 heteroatoms. The van der Waals surface area contributed by atoms with Crippen LogP contribution in [0.5, 0.6) is 5.75 Å². The van der Waals surface area contributed by atoms with E-state index in [0.29, 0.717) is 0 Å². The molecule has 0 heterocycles. The number of ether oxygens (including phenoxy) is 1. The molecule has 0 aliphatic carbocycles. The molecule has 0 saturated heterocycles. The summed E-state index contributed by atoms with van der Waals surface area (Å²) in [5.74, 6) is -0.207. The number of alkyl halides is 4. The van der Waals surface area contributed by atoms with Crippen molar-refractivity contribution < 1.29 is 17.9 Å². The number of hydrogen-bond donors (Lipinski definition) is 0. The minimum Gasteiger partial charge on any atom is -0.406 e. The zero-order chi connectivity index (χ0) is 15.5. The van der Waals surface area contributed by atoms with E-state index >= 15 is 0 Å². The van der Waals surface area contributed by atoms with Crippen LogP contribution in [0.15, 0.2) is 48.5 Å². The van der Waals surface area contributed by atoms with E-state index in [2.05, 4.69) is 26.7 Å². The van der Waals surface area contributed by atoms with Gasteiger partial charge in [-0.3, -0.25) is 0 Å². The summed E-state index contributed by atoms with van der Waals surface area (Å²) >= 11 is 3.57. The molecule has 0 fully saturated rings. The van der Waals surface area contributed by atoms with Crippen LogP contribution in [0.4, 0.5) is 13.2 Å². The molecule has 0 amide bonds. The summed E-state index contributed by atoms with van der Waals surface area (Å²) in [6.45, 7) is 2.02. The van der Waals surface area contributed by atoms with E-state index in [9.17, 15) is 13.2 Å². The van der Waals surface area contributed by atoms with Crippen LogP contribution >= 0.6 is 15.9 Å². The molecule has 0 spiro atoms. The van der Waals surface area contributed by atoms with Crippen molar-refractivity contribution in [1.82, 2.24) is 0 Å². The molecular formula is C16H14BrF3O. The molecule has 2 aromatic rings. The first-order valence-corrected chi connectivity index (χ1v) is 7.30. The average molecular weight is 359 g/mol. The Kier molecular flexibility index (Phi) is 4.93. The quantitative estimate of drug-likeness (QED) is 0.649. The van der Waals surface area contributed by atoms with Crippen LogP contribution in [0.2, 0.25) is 0 Å². The van der Waals surface area contributed by atoms with E-state index in [0.717, 1.165) is 12.0 Å². The maximum atomic E-state index is 12.1. The van der Waals surface area contributed by atoms with E-state index in [4.69, 9.17) is 0 Å². The normalized spacial score (nSPS) is 13.0. The minimum atomic E-state index is -4.66. The number of benzene rings is 2. The predicted octanol–water partition coefficient (Wildman–Crippen LogP) is 5.57. The van der Waals surface area contributed by atoms with Crippen molar-refractivity contribution in [3.05, 3.63) is 65.2 Å². The fourth-order valence-corrected chi connectivity index (χ4v) is 2.72. The summed E-state index contributed by atoms with van der Waals surface area (Å²) in [6, 6.07) is 14.1. The van der Waals surface area contributed by atoms with Crippen LogP contribution in [-0.4, -0.2) is 6.36 Å². The molecule has 0 saturated carbocycles. The molecule has 2 aromatic carbocycles. The Morgan fingerprint density at radius 3 is 2.33 bits per heavy atom. The van der Waals surface area contributed by atoms with Gasteiger partial charge in [-0.25, -0.2) is 0 Å². The van der Waals surface area contributed by atoms with E-state index < -0.39 is 6.36 Å². The zero-order valence-corrected chi connectivity index (χ0v) is 12.9. The lowest BCUT2D eigenvalue weighted by Gasteiger charge is -2.13. The second kappa shape index (κ2) is 6.52. The molecule has 1 unspecified atom stereocenters. The SMILES string of the molecule is Cc1cccc(CC(Br)c2ccc(OC(F)(F)F)cc2)c1. The first kappa shape index (κ1) is 15.9. The first-order chi connectivity index (χ1) is 9.83. The van der Waals surface area contributed by atoms with Gasteiger partial charge in [0.2, 0.25) is 0 Å². The highest BCUT2D eigenvalue weighted by Gasteiger charge is 2.31. The van der Waals surface area contributed by atoms with Crippen LogP contribution in [0, 0.1) is 6.92 Å². The van der Waals surface area contributed by atoms with Crippen molar-refractivity contribution in [2.75, 3.05) is 0 Å². The highest BCUT2D eigenvalue weighted by molar-refractivity contribution is 9.09. The molecule has 1 nitrogen and oxygen atoms in total. The topological polar surface area (TPSA) is 9.23 Å². The predicted molar refractivity (Wildman–Crippen MR) is 79.7 cm³/mol. The lowest BCUT2D eigenvalue weighted by atomic mass is 10.0. The third-order valence-corrected chi connectivity index (χ3v) is 3.83. The molecule has 0 bridgehead atoms. The maximum Gasteiger partial charge on any atom is 0.573 e. The molecule has 0 N–H and O–H groups in total. The Morgan fingerprint density at radius 1 is 1.10 bits per heavy atom. The van der Waals surface area contributed by atoms with Gasteiger partial charge < -0.3 is 4.74 Å². The summed E-state index contributed by atoms with van der Waals surface area (Å²) < 4.78 is 40.1. The van der Waals surface area contributed by atoms with Gasteiger partial charge in [0.1, 0.15) is 5.75 Å². The van der Waals surface area contributed by atoms with E-state index in [-0.39, 0.29) is 10.6 Å². The summed E-state index contributed by atoms with van der Waals surface area (Å²) in [5.41, 5.74) is 3.26. The van der Waals surface area contributed by atoms with Gasteiger partial charge >= 0.3 is 6.36 Å². The maximum absolute atomic E-state index is 12.1. The summed E-state index contributed by atoms with van der Waals surface area (Å²) in [6.07, 6.45) is -3.89. The molecule has 2 rings (SSSR count). The number of aryl methyl sites for hydroxylation is 1. The van der Waals surface area contributed by atoms with E-state index in [1.54, 1.807) is 12.1 Å². The third-order valence-electron chi connectivity index (χ3n) is 2.97. The van der Waals surface area contributed by atoms with Gasteiger partial charge in [-0.2, -0.15) is 0 Å². The Bertz CT molecular complexity index is 593. The lowest BCUT2D eigenvalue weighted by Crippen LogP contribution is -2.17. The average Bonchev–Trinajstić information content (AvgIpc) is 2.37. The highest BCUT2D eigenvalue weighted by atomic mass is 79.9. The van der Waals surface area contributed by atoms with Crippen molar-refractivity contribution in [3.8, 4) is 5.75 Å². The van der Waals surface area contributed by atoms with E-state index in [1.807, 2.05) is 25.1 Å². The number of halogens is 4. The van der Waals surface area contributed by atoms with Gasteiger partial charge in [0.05, 0.1) is 0 Å². The van der Waals surface area contributed by atoms with Gasteiger partial charge in [-0.15, -0.1) is 13.2 Å². The Balaban J connectivity index is 2.04. The van der Waals surface area contributed by atoms with Gasteiger partial charge in [-0.1, -0.05) is 57.9 Å². The van der Waals surface area contributed by atoms with Gasteiger partial charge in [0.15, 0.2) is 0 Å². The van der Waals surface area contributed by atoms with Crippen molar-refractivity contribution in [2.45, 2.75) is 24.5 Å². The largest absolute Gasteiger partial charge is 0.573 e. The summed E-state index contributed by atoms with van der Waals surface area (Å²) in [5, 5.41) is 0. The second-order valence-corrected chi connectivity index (χ2v) is 5.88. The Morgan fingerprint density at radius 2 is 1.76 bits per heavy atom. The first-order valence-electron chi connectivity index (χ1n) is 6.39. The molecule has 112 valence electrons. The second-order valence-electron chi connectivity index (χ2n) is 4.78. The molecule has 0 aliphatic heterocycles. The van der Waals surface area contributed by atoms with Crippen LogP contribution in [0.3, 0.4) is 0 Å². The minimum absolute atomic E-state index is 0.0410. The Labute approximate surface area is 129 Å². The Hall–Kier alpha value is -1.49. The lowest BCUT2D eigenvalue weighted by molar-refractivity contribution is -0.274. The van der Waals surface area contributed by atoms with Crippen LogP contribution in [0.25, 0.3) is 0 Å². The van der Waals surface area contributed by atoms with Crippen molar-refractivity contribution in [2.24, 2.45) is 0 Å². The van der Waals surface area contributed by atoms with E-state index in [1.165, 1.54) is 23.3 Å². The summed E-state index contributed by atoms with van der Waals surface area (Å²) in [7, 11) is 0.